The van der Waals surface area contributed by atoms with Gasteiger partial charge in [0.15, 0.2) is 0 Å². The molecule has 0 fully saturated rings. The highest BCUT2D eigenvalue weighted by atomic mass is 32.2. The number of hydrogen-bond acceptors (Lipinski definition) is 2. The predicted molar refractivity (Wildman–Crippen MR) is 66.7 cm³/mol. The number of hydrogen-bond donors (Lipinski definition) is 0. The van der Waals surface area contributed by atoms with Crippen LogP contribution in [0, 0.1) is 0 Å². The number of thioether (sulfide) groups is 1. The van der Waals surface area contributed by atoms with Crippen LogP contribution in [0.3, 0.4) is 0 Å². The maximum Gasteiger partial charge on any atom is 0.00749 e. The fourth-order valence-corrected chi connectivity index (χ4v) is 1.76. The Morgan fingerprint density at radius 2 is 1.69 bits per heavy atom. The summed E-state index contributed by atoms with van der Waals surface area (Å²) in [6, 6.07) is 0.706. The van der Waals surface area contributed by atoms with E-state index in [9.17, 15) is 0 Å². The van der Waals surface area contributed by atoms with Crippen molar-refractivity contribution in [3.63, 3.8) is 0 Å². The molecule has 0 unspecified atom stereocenters. The first-order valence-corrected chi connectivity index (χ1v) is 6.69. The van der Waals surface area contributed by atoms with E-state index in [2.05, 4.69) is 32.6 Å². The van der Waals surface area contributed by atoms with Crippen LogP contribution in [0.15, 0.2) is 0 Å². The third-order valence-electron chi connectivity index (χ3n) is 1.86. The molecule has 0 amide bonds. The summed E-state index contributed by atoms with van der Waals surface area (Å²) in [7, 11) is 0. The summed E-state index contributed by atoms with van der Waals surface area (Å²) in [4.78, 5) is 2.50. The molecule has 0 saturated carbocycles. The molecule has 0 rings (SSSR count). The molecule has 0 spiro atoms. The van der Waals surface area contributed by atoms with E-state index in [0.29, 0.717) is 6.04 Å². The van der Waals surface area contributed by atoms with E-state index < -0.39 is 0 Å². The van der Waals surface area contributed by atoms with Gasteiger partial charge in [-0.15, -0.1) is 0 Å². The molecule has 0 aromatic carbocycles. The summed E-state index contributed by atoms with van der Waals surface area (Å²) in [6.45, 7) is 15.4. The Labute approximate surface area is 89.3 Å². The highest BCUT2D eigenvalue weighted by Crippen LogP contribution is 2.02. The second kappa shape index (κ2) is 12.3. The molecule has 0 atom stereocenters. The molecule has 0 saturated heterocycles. The molecule has 0 bridgehead atoms. The summed E-state index contributed by atoms with van der Waals surface area (Å²) in [6.07, 6.45) is 0. The van der Waals surface area contributed by atoms with E-state index in [1.807, 2.05) is 25.6 Å². The predicted octanol–water partition coefficient (Wildman–Crippen LogP) is 3.50. The van der Waals surface area contributed by atoms with Crippen molar-refractivity contribution < 1.29 is 0 Å². The Hall–Kier alpha value is 0.310. The minimum Gasteiger partial charge on any atom is -0.300 e. The molecule has 0 radical (unpaired) electrons. The van der Waals surface area contributed by atoms with Crippen molar-refractivity contribution in [1.82, 2.24) is 4.90 Å². The zero-order chi connectivity index (χ0) is 10.7. The highest BCUT2D eigenvalue weighted by Gasteiger charge is 2.04. The van der Waals surface area contributed by atoms with Gasteiger partial charge in [-0.25, -0.2) is 0 Å². The monoisotopic (exact) mass is 205 g/mol. The van der Waals surface area contributed by atoms with E-state index in [1.54, 1.807) is 0 Å². The minimum atomic E-state index is 0.706. The fraction of sp³-hybridized carbons (Fsp3) is 1.00. The van der Waals surface area contributed by atoms with Crippen LogP contribution in [-0.4, -0.2) is 35.5 Å². The van der Waals surface area contributed by atoms with Crippen LogP contribution in [0.25, 0.3) is 0 Å². The van der Waals surface area contributed by atoms with Crippen molar-refractivity contribution in [2.24, 2.45) is 0 Å². The first-order valence-electron chi connectivity index (χ1n) is 5.54. The highest BCUT2D eigenvalue weighted by molar-refractivity contribution is 7.99. The largest absolute Gasteiger partial charge is 0.300 e. The first kappa shape index (κ1) is 15.8. The fourth-order valence-electron chi connectivity index (χ4n) is 1.11. The molecule has 0 heterocycles. The normalized spacial score (nSPS) is 10.2. The van der Waals surface area contributed by atoms with Crippen molar-refractivity contribution in [1.29, 1.82) is 0 Å². The summed E-state index contributed by atoms with van der Waals surface area (Å²) in [5.41, 5.74) is 0. The van der Waals surface area contributed by atoms with Gasteiger partial charge in [-0.1, -0.05) is 27.7 Å². The lowest BCUT2D eigenvalue weighted by Gasteiger charge is -2.24. The summed E-state index contributed by atoms with van der Waals surface area (Å²) >= 11 is 2.03. The molecular formula is C11H27NS. The van der Waals surface area contributed by atoms with Gasteiger partial charge in [-0.2, -0.15) is 11.8 Å². The summed E-state index contributed by atoms with van der Waals surface area (Å²) in [5.74, 6) is 2.53. The lowest BCUT2D eigenvalue weighted by Crippen LogP contribution is -2.32. The second-order valence-electron chi connectivity index (χ2n) is 2.92. The van der Waals surface area contributed by atoms with Gasteiger partial charge in [0.2, 0.25) is 0 Å². The molecule has 0 aliphatic carbocycles. The minimum absolute atomic E-state index is 0.706. The molecule has 0 aliphatic rings. The molecule has 13 heavy (non-hydrogen) atoms. The lowest BCUT2D eigenvalue weighted by molar-refractivity contribution is 0.249. The molecule has 1 nitrogen and oxygen atoms in total. The van der Waals surface area contributed by atoms with Crippen LogP contribution in [0.5, 0.6) is 0 Å². The van der Waals surface area contributed by atoms with E-state index in [1.165, 1.54) is 24.6 Å². The van der Waals surface area contributed by atoms with E-state index >= 15 is 0 Å². The Balaban J connectivity index is 0. The standard InChI is InChI=1S/C9H21NS.C2H6/c1-5-10(9(3)4)7-8-11-6-2;1-2/h9H,5-8H2,1-4H3;1-2H3. The average Bonchev–Trinajstić information content (AvgIpc) is 2.15. The Morgan fingerprint density at radius 1 is 1.15 bits per heavy atom. The number of nitrogens with zero attached hydrogens (tertiary/aromatic N) is 1. The SMILES string of the molecule is CC.CCSCCN(CC)C(C)C. The Morgan fingerprint density at radius 3 is 2.00 bits per heavy atom. The van der Waals surface area contributed by atoms with E-state index in [-0.39, 0.29) is 0 Å². The van der Waals surface area contributed by atoms with Gasteiger partial charge in [0.05, 0.1) is 0 Å². The van der Waals surface area contributed by atoms with Crippen LogP contribution >= 0.6 is 11.8 Å². The summed E-state index contributed by atoms with van der Waals surface area (Å²) in [5, 5.41) is 0. The smallest absolute Gasteiger partial charge is 0.00749 e. The Kier molecular flexibility index (Phi) is 14.9. The van der Waals surface area contributed by atoms with Gasteiger partial charge in [0.25, 0.3) is 0 Å². The molecule has 0 N–H and O–H groups in total. The van der Waals surface area contributed by atoms with E-state index in [0.717, 1.165) is 0 Å². The zero-order valence-corrected chi connectivity index (χ0v) is 11.1. The molecule has 82 valence electrons. The second-order valence-corrected chi connectivity index (χ2v) is 4.31. The van der Waals surface area contributed by atoms with E-state index in [4.69, 9.17) is 0 Å². The van der Waals surface area contributed by atoms with Gasteiger partial charge in [0.1, 0.15) is 0 Å². The van der Waals surface area contributed by atoms with Crippen molar-refractivity contribution in [2.45, 2.75) is 47.6 Å². The van der Waals surface area contributed by atoms with Gasteiger partial charge >= 0.3 is 0 Å². The molecule has 0 aromatic rings. The van der Waals surface area contributed by atoms with Gasteiger partial charge in [-0.05, 0) is 26.1 Å². The third kappa shape index (κ3) is 10.2. The first-order chi connectivity index (χ1) is 6.22. The number of rotatable bonds is 6. The lowest BCUT2D eigenvalue weighted by atomic mass is 10.3. The van der Waals surface area contributed by atoms with Crippen LogP contribution in [0.4, 0.5) is 0 Å². The van der Waals surface area contributed by atoms with Crippen molar-refractivity contribution in [3.8, 4) is 0 Å². The maximum absolute atomic E-state index is 2.50. The van der Waals surface area contributed by atoms with Crippen LogP contribution < -0.4 is 0 Å². The topological polar surface area (TPSA) is 3.24 Å². The maximum atomic E-state index is 2.50. The van der Waals surface area contributed by atoms with Crippen molar-refractivity contribution in [3.05, 3.63) is 0 Å². The average molecular weight is 205 g/mol. The molecule has 2 heteroatoms. The van der Waals surface area contributed by atoms with Crippen LogP contribution in [0.1, 0.15) is 41.5 Å². The van der Waals surface area contributed by atoms with Crippen molar-refractivity contribution >= 4 is 11.8 Å². The van der Waals surface area contributed by atoms with Crippen molar-refractivity contribution in [2.75, 3.05) is 24.6 Å². The van der Waals surface area contributed by atoms with Gasteiger partial charge < -0.3 is 4.90 Å². The quantitative estimate of drug-likeness (QED) is 0.611. The molecular weight excluding hydrogens is 178 g/mol. The third-order valence-corrected chi connectivity index (χ3v) is 2.74. The summed E-state index contributed by atoms with van der Waals surface area (Å²) < 4.78 is 0. The molecule has 0 aromatic heterocycles. The zero-order valence-electron chi connectivity index (χ0n) is 10.3. The van der Waals surface area contributed by atoms with Gasteiger partial charge in [-0.3, -0.25) is 0 Å². The Bertz CT molecular complexity index is 84.2. The van der Waals surface area contributed by atoms with Crippen LogP contribution in [-0.2, 0) is 0 Å². The van der Waals surface area contributed by atoms with Gasteiger partial charge in [0, 0.05) is 18.3 Å². The molecule has 0 aliphatic heterocycles. The van der Waals surface area contributed by atoms with Crippen LogP contribution in [0.2, 0.25) is 0 Å².